The molecule has 1 aliphatic carbocycles. The second-order valence-electron chi connectivity index (χ2n) is 10.4. The second-order valence-corrected chi connectivity index (χ2v) is 10.8. The van der Waals surface area contributed by atoms with E-state index in [4.69, 9.17) is 11.6 Å². The van der Waals surface area contributed by atoms with Crippen LogP contribution in [0.3, 0.4) is 0 Å². The summed E-state index contributed by atoms with van der Waals surface area (Å²) in [6.07, 6.45) is 2.56. The van der Waals surface area contributed by atoms with Crippen molar-refractivity contribution in [2.24, 2.45) is 0 Å². The van der Waals surface area contributed by atoms with Gasteiger partial charge in [-0.25, -0.2) is 4.98 Å². The third-order valence-corrected chi connectivity index (χ3v) is 7.92. The van der Waals surface area contributed by atoms with Crippen molar-refractivity contribution in [1.29, 1.82) is 10.5 Å². The number of hydrogen-bond donors (Lipinski definition) is 3. The molecule has 1 aromatic carbocycles. The molecule has 1 amide bonds. The Labute approximate surface area is 235 Å². The standard InChI is InChI=1S/C26H28ClN11O2/c1-15(39)25(40)37-13-19(14-37)35-4-6-36(7-5-35)21-9-16(10-28)8-20(22(21)27)32-26-33-23(31-17-2-3-17)24-30-12-18(11-29)38(24)34-26/h8-9,12,15,17,19,39H,2-7,13-14H2,1H3,(H2,31,32,33,34). The van der Waals surface area contributed by atoms with Gasteiger partial charge in [-0.05, 0) is 31.9 Å². The summed E-state index contributed by atoms with van der Waals surface area (Å²) in [4.78, 5) is 27.1. The average molecular weight is 562 g/mol. The Kier molecular flexibility index (Phi) is 6.80. The zero-order valence-corrected chi connectivity index (χ0v) is 22.6. The van der Waals surface area contributed by atoms with Crippen LogP contribution in [0.1, 0.15) is 31.0 Å². The number of likely N-dealkylation sites (tertiary alicyclic amines) is 1. The molecule has 1 atom stereocenters. The molecule has 0 bridgehead atoms. The van der Waals surface area contributed by atoms with Crippen LogP contribution in [0.5, 0.6) is 0 Å². The molecular formula is C26H28ClN11O2. The van der Waals surface area contributed by atoms with Crippen molar-refractivity contribution in [3.8, 4) is 12.1 Å². The van der Waals surface area contributed by atoms with Crippen LogP contribution in [0.15, 0.2) is 18.3 Å². The summed E-state index contributed by atoms with van der Waals surface area (Å²) in [6.45, 7) is 5.70. The molecule has 3 fully saturated rings. The SMILES string of the molecule is CC(O)C(=O)N1CC(N2CCN(c3cc(C#N)cc(Nc4nc(NC5CC5)c5ncc(C#N)n5n4)c3Cl)CC2)C1. The van der Waals surface area contributed by atoms with Gasteiger partial charge in [0.05, 0.1) is 34.2 Å². The van der Waals surface area contributed by atoms with Gasteiger partial charge < -0.3 is 25.5 Å². The van der Waals surface area contributed by atoms with Crippen molar-refractivity contribution in [2.75, 3.05) is 54.8 Å². The highest BCUT2D eigenvalue weighted by Crippen LogP contribution is 2.37. The highest BCUT2D eigenvalue weighted by Gasteiger charge is 2.37. The lowest BCUT2D eigenvalue weighted by Crippen LogP contribution is -2.65. The number of nitriles is 2. The van der Waals surface area contributed by atoms with Crippen molar-refractivity contribution in [1.82, 2.24) is 29.4 Å². The molecule has 2 saturated heterocycles. The summed E-state index contributed by atoms with van der Waals surface area (Å²) in [5, 5.41) is 40.2. The van der Waals surface area contributed by atoms with Crippen molar-refractivity contribution in [2.45, 2.75) is 38.0 Å². The lowest BCUT2D eigenvalue weighted by molar-refractivity contribution is -0.147. The number of aliphatic hydroxyl groups is 1. The third-order valence-electron chi connectivity index (χ3n) is 7.53. The summed E-state index contributed by atoms with van der Waals surface area (Å²) in [6, 6.07) is 8.33. The Hall–Kier alpha value is -4.17. The van der Waals surface area contributed by atoms with Crippen LogP contribution in [-0.4, -0.2) is 97.9 Å². The summed E-state index contributed by atoms with van der Waals surface area (Å²) >= 11 is 6.89. The molecule has 14 heteroatoms. The average Bonchev–Trinajstić information content (AvgIpc) is 3.65. The number of hydrogen-bond acceptors (Lipinski definition) is 11. The van der Waals surface area contributed by atoms with E-state index in [-0.39, 0.29) is 23.6 Å². The maximum Gasteiger partial charge on any atom is 0.251 e. The predicted molar refractivity (Wildman–Crippen MR) is 147 cm³/mol. The lowest BCUT2D eigenvalue weighted by atomic mass is 10.0. The Balaban J connectivity index is 1.20. The van der Waals surface area contributed by atoms with Gasteiger partial charge in [-0.15, -0.1) is 5.10 Å². The zero-order valence-electron chi connectivity index (χ0n) is 21.9. The molecule has 0 spiro atoms. The van der Waals surface area contributed by atoms with Gasteiger partial charge in [0.2, 0.25) is 5.95 Å². The fourth-order valence-electron chi connectivity index (χ4n) is 5.10. The van der Waals surface area contributed by atoms with Gasteiger partial charge in [-0.1, -0.05) is 11.6 Å². The van der Waals surface area contributed by atoms with Crippen LogP contribution < -0.4 is 15.5 Å². The van der Waals surface area contributed by atoms with Crippen molar-refractivity contribution >= 4 is 46.3 Å². The first kappa shape index (κ1) is 26.1. The summed E-state index contributed by atoms with van der Waals surface area (Å²) in [7, 11) is 0. The molecule has 4 heterocycles. The van der Waals surface area contributed by atoms with E-state index >= 15 is 0 Å². The molecule has 2 aliphatic heterocycles. The Morgan fingerprint density at radius 3 is 2.58 bits per heavy atom. The van der Waals surface area contributed by atoms with E-state index in [9.17, 15) is 20.4 Å². The van der Waals surface area contributed by atoms with Crippen LogP contribution in [0.25, 0.3) is 5.65 Å². The fraction of sp³-hybridized carbons (Fsp3) is 0.462. The van der Waals surface area contributed by atoms with Crippen molar-refractivity contribution < 1.29 is 9.90 Å². The summed E-state index contributed by atoms with van der Waals surface area (Å²) < 4.78 is 1.44. The maximum atomic E-state index is 12.0. The van der Waals surface area contributed by atoms with E-state index in [1.165, 1.54) is 17.6 Å². The minimum Gasteiger partial charge on any atom is -0.384 e. The van der Waals surface area contributed by atoms with E-state index in [2.05, 4.69) is 47.6 Å². The summed E-state index contributed by atoms with van der Waals surface area (Å²) in [5.41, 5.74) is 2.40. The number of amides is 1. The molecular weight excluding hydrogens is 534 g/mol. The number of benzene rings is 1. The van der Waals surface area contributed by atoms with Gasteiger partial charge in [0.25, 0.3) is 5.91 Å². The quantitative estimate of drug-likeness (QED) is 0.383. The highest BCUT2D eigenvalue weighted by molar-refractivity contribution is 6.36. The van der Waals surface area contributed by atoms with E-state index in [0.717, 1.165) is 31.6 Å². The number of carbonyl (C=O) groups excluding carboxylic acids is 1. The van der Waals surface area contributed by atoms with Crippen molar-refractivity contribution in [3.63, 3.8) is 0 Å². The Morgan fingerprint density at radius 2 is 1.93 bits per heavy atom. The van der Waals surface area contributed by atoms with Gasteiger partial charge in [-0.2, -0.15) is 20.0 Å². The predicted octanol–water partition coefficient (Wildman–Crippen LogP) is 1.55. The first-order valence-corrected chi connectivity index (χ1v) is 13.6. The van der Waals surface area contributed by atoms with Gasteiger partial charge in [0.1, 0.15) is 12.2 Å². The van der Waals surface area contributed by atoms with Crippen LogP contribution in [0.4, 0.5) is 23.1 Å². The third kappa shape index (κ3) is 4.95. The number of halogens is 1. The molecule has 206 valence electrons. The van der Waals surface area contributed by atoms with Crippen LogP contribution in [-0.2, 0) is 4.79 Å². The number of nitrogens with one attached hydrogen (secondary N) is 2. The zero-order chi connectivity index (χ0) is 28.0. The maximum absolute atomic E-state index is 12.0. The van der Waals surface area contributed by atoms with Crippen LogP contribution in [0, 0.1) is 22.7 Å². The number of carbonyl (C=O) groups is 1. The molecule has 3 aliphatic rings. The number of piperazine rings is 1. The Morgan fingerprint density at radius 1 is 1.18 bits per heavy atom. The van der Waals surface area contributed by atoms with Gasteiger partial charge in [-0.3, -0.25) is 9.69 Å². The number of rotatable bonds is 7. The molecule has 3 N–H and O–H groups in total. The molecule has 6 rings (SSSR count). The van der Waals surface area contributed by atoms with E-state index in [1.54, 1.807) is 17.0 Å². The second kappa shape index (κ2) is 10.4. The van der Waals surface area contributed by atoms with Gasteiger partial charge in [0, 0.05) is 51.4 Å². The lowest BCUT2D eigenvalue weighted by Gasteiger charge is -2.48. The first-order valence-electron chi connectivity index (χ1n) is 13.2. The topological polar surface area (TPSA) is 162 Å². The molecule has 1 unspecified atom stereocenters. The van der Waals surface area contributed by atoms with Crippen LogP contribution >= 0.6 is 11.6 Å². The highest BCUT2D eigenvalue weighted by atomic mass is 35.5. The number of aliphatic hydroxyl groups excluding tert-OH is 1. The largest absolute Gasteiger partial charge is 0.384 e. The number of aromatic nitrogens is 4. The molecule has 40 heavy (non-hydrogen) atoms. The smallest absolute Gasteiger partial charge is 0.251 e. The molecule has 1 saturated carbocycles. The monoisotopic (exact) mass is 561 g/mol. The summed E-state index contributed by atoms with van der Waals surface area (Å²) in [5.74, 6) is 0.514. The van der Waals surface area contributed by atoms with E-state index in [0.29, 0.717) is 60.0 Å². The first-order chi connectivity index (χ1) is 19.3. The minimum atomic E-state index is -0.975. The molecule has 2 aromatic heterocycles. The number of fused-ring (bicyclic) bond motifs is 1. The fourth-order valence-corrected chi connectivity index (χ4v) is 5.38. The van der Waals surface area contributed by atoms with Crippen LogP contribution in [0.2, 0.25) is 5.02 Å². The van der Waals surface area contributed by atoms with E-state index in [1.807, 2.05) is 0 Å². The normalized spacial score (nSPS) is 18.6. The number of nitrogens with zero attached hydrogens (tertiary/aromatic N) is 9. The molecule has 3 aromatic rings. The van der Waals surface area contributed by atoms with E-state index < -0.39 is 6.10 Å². The van der Waals surface area contributed by atoms with Gasteiger partial charge >= 0.3 is 0 Å². The number of imidazole rings is 1. The van der Waals surface area contributed by atoms with Crippen molar-refractivity contribution in [3.05, 3.63) is 34.6 Å². The molecule has 0 radical (unpaired) electrons. The minimum absolute atomic E-state index is 0.221. The van der Waals surface area contributed by atoms with Gasteiger partial charge in [0.15, 0.2) is 17.2 Å². The molecule has 13 nitrogen and oxygen atoms in total. The number of anilines is 4. The Bertz CT molecular complexity index is 1540.